The highest BCUT2D eigenvalue weighted by Crippen LogP contribution is 2.35. The number of nitrogens with zero attached hydrogens (tertiary/aromatic N) is 3. The van der Waals surface area contributed by atoms with Crippen molar-refractivity contribution in [1.82, 2.24) is 9.88 Å². The Labute approximate surface area is 224 Å². The minimum absolute atomic E-state index is 0.307. The molecule has 0 spiro atoms. The monoisotopic (exact) mass is 516 g/mol. The van der Waals surface area contributed by atoms with E-state index >= 15 is 0 Å². The van der Waals surface area contributed by atoms with Gasteiger partial charge in [0, 0.05) is 37.7 Å². The molecule has 1 amide bonds. The Bertz CT molecular complexity index is 1300. The van der Waals surface area contributed by atoms with Crippen molar-refractivity contribution in [2.45, 2.75) is 45.8 Å². The van der Waals surface area contributed by atoms with Crippen LogP contribution in [0.5, 0.6) is 0 Å². The van der Waals surface area contributed by atoms with Gasteiger partial charge in [0.2, 0.25) is 0 Å². The maximum Gasteiger partial charge on any atom is 0.410 e. The lowest BCUT2D eigenvalue weighted by atomic mass is 9.91. The topological polar surface area (TPSA) is 84.0 Å². The van der Waals surface area contributed by atoms with E-state index in [-0.39, 0.29) is 12.1 Å². The molecule has 0 saturated heterocycles. The largest absolute Gasteiger partial charge is 0.465 e. The van der Waals surface area contributed by atoms with Crippen molar-refractivity contribution in [2.75, 3.05) is 37.5 Å². The predicted octanol–water partition coefficient (Wildman–Crippen LogP) is 5.89. The van der Waals surface area contributed by atoms with Crippen LogP contribution < -0.4 is 10.2 Å². The zero-order valence-electron chi connectivity index (χ0n) is 22.9. The van der Waals surface area contributed by atoms with Gasteiger partial charge in [-0.05, 0) is 75.6 Å². The van der Waals surface area contributed by atoms with E-state index in [1.165, 1.54) is 18.2 Å². The van der Waals surface area contributed by atoms with E-state index < -0.39 is 11.6 Å². The van der Waals surface area contributed by atoms with Gasteiger partial charge in [0.1, 0.15) is 5.60 Å². The summed E-state index contributed by atoms with van der Waals surface area (Å²) in [5, 5.41) is 3.33. The summed E-state index contributed by atoms with van der Waals surface area (Å²) >= 11 is 0. The first-order chi connectivity index (χ1) is 18.1. The molecule has 1 N–H and O–H groups in total. The first-order valence-electron chi connectivity index (χ1n) is 12.8. The van der Waals surface area contributed by atoms with Crippen LogP contribution in [-0.2, 0) is 15.9 Å². The Hall–Kier alpha value is -4.07. The Balaban J connectivity index is 1.65. The van der Waals surface area contributed by atoms with Gasteiger partial charge in [-0.25, -0.2) is 9.59 Å². The first-order valence-corrected chi connectivity index (χ1v) is 12.8. The average molecular weight is 517 g/mol. The van der Waals surface area contributed by atoms with E-state index in [0.717, 1.165) is 16.9 Å². The molecule has 2 heterocycles. The smallest absolute Gasteiger partial charge is 0.410 e. The molecule has 1 atom stereocenters. The van der Waals surface area contributed by atoms with Gasteiger partial charge in [0.15, 0.2) is 0 Å². The molecule has 1 aliphatic rings. The van der Waals surface area contributed by atoms with E-state index in [1.807, 2.05) is 20.8 Å². The number of benzene rings is 2. The summed E-state index contributed by atoms with van der Waals surface area (Å²) < 4.78 is 10.7. The Kier molecular flexibility index (Phi) is 7.90. The highest BCUT2D eigenvalue weighted by Gasteiger charge is 2.34. The molecule has 1 aliphatic heterocycles. The van der Waals surface area contributed by atoms with Crippen molar-refractivity contribution in [2.24, 2.45) is 0 Å². The van der Waals surface area contributed by atoms with Crippen LogP contribution in [0.4, 0.5) is 21.9 Å². The summed E-state index contributed by atoms with van der Waals surface area (Å²) in [5.74, 6) is -0.452. The number of aryl methyl sites for hydroxylation is 1. The molecule has 0 aliphatic carbocycles. The molecule has 4 rings (SSSR count). The van der Waals surface area contributed by atoms with Crippen LogP contribution >= 0.6 is 0 Å². The molecule has 0 bridgehead atoms. The van der Waals surface area contributed by atoms with Gasteiger partial charge in [0.25, 0.3) is 0 Å². The number of fused-ring (bicyclic) bond motifs is 1. The second-order valence-corrected chi connectivity index (χ2v) is 10.5. The third-order valence-corrected chi connectivity index (χ3v) is 6.63. The fraction of sp³-hybridized carbons (Fsp3) is 0.367. The van der Waals surface area contributed by atoms with E-state index in [2.05, 4.69) is 71.6 Å². The quantitative estimate of drug-likeness (QED) is 0.409. The van der Waals surface area contributed by atoms with Gasteiger partial charge in [-0.1, -0.05) is 23.8 Å². The zero-order valence-corrected chi connectivity index (χ0v) is 22.9. The van der Waals surface area contributed by atoms with Gasteiger partial charge in [0.05, 0.1) is 30.6 Å². The molecular formula is C30H36N4O4. The lowest BCUT2D eigenvalue weighted by molar-refractivity contribution is 0.0153. The highest BCUT2D eigenvalue weighted by atomic mass is 16.6. The van der Waals surface area contributed by atoms with Crippen LogP contribution in [0.15, 0.2) is 60.9 Å². The number of pyridine rings is 1. The fourth-order valence-corrected chi connectivity index (χ4v) is 4.61. The summed E-state index contributed by atoms with van der Waals surface area (Å²) in [7, 11) is 3.40. The third kappa shape index (κ3) is 6.07. The van der Waals surface area contributed by atoms with E-state index in [0.29, 0.717) is 30.8 Å². The van der Waals surface area contributed by atoms with Crippen LogP contribution in [0, 0.1) is 6.92 Å². The minimum Gasteiger partial charge on any atom is -0.465 e. The number of amides is 1. The van der Waals surface area contributed by atoms with Crippen LogP contribution in [0.2, 0.25) is 0 Å². The van der Waals surface area contributed by atoms with Gasteiger partial charge in [-0.15, -0.1) is 0 Å². The molecule has 8 heteroatoms. The number of esters is 1. The molecule has 3 aromatic rings. The van der Waals surface area contributed by atoms with Gasteiger partial charge in [-0.2, -0.15) is 0 Å². The number of carbonyl (C=O) groups is 2. The molecule has 38 heavy (non-hydrogen) atoms. The van der Waals surface area contributed by atoms with Crippen molar-refractivity contribution in [3.8, 4) is 0 Å². The van der Waals surface area contributed by atoms with Crippen molar-refractivity contribution >= 4 is 29.1 Å². The van der Waals surface area contributed by atoms with E-state index in [9.17, 15) is 9.59 Å². The Morgan fingerprint density at radius 2 is 1.82 bits per heavy atom. The summed E-state index contributed by atoms with van der Waals surface area (Å²) in [5.41, 5.74) is 5.93. The predicted molar refractivity (Wildman–Crippen MR) is 149 cm³/mol. The van der Waals surface area contributed by atoms with Crippen LogP contribution in [0.25, 0.3) is 0 Å². The average Bonchev–Trinajstić information content (AvgIpc) is 2.90. The van der Waals surface area contributed by atoms with Gasteiger partial charge < -0.3 is 19.7 Å². The molecular weight excluding hydrogens is 480 g/mol. The molecule has 200 valence electrons. The van der Waals surface area contributed by atoms with Crippen molar-refractivity contribution < 1.29 is 19.1 Å². The molecule has 0 unspecified atom stereocenters. The summed E-state index contributed by atoms with van der Waals surface area (Å²) in [4.78, 5) is 33.6. The Morgan fingerprint density at radius 3 is 2.50 bits per heavy atom. The SMILES string of the molecule is COC(=O)c1ccncc1NC[C@H]1c2ccc(N(C)c3ccc(C)cc3)cc2CCN1C(=O)OC(C)(C)C. The molecule has 0 radical (unpaired) electrons. The standard InChI is InChI=1S/C30H36N4O4/c1-20-7-9-22(10-8-20)33(5)23-11-12-24-21(17-23)14-16-34(29(36)38-30(2,3)4)27(24)19-32-26-18-31-15-13-25(26)28(35)37-6/h7-13,15,17-18,27,32H,14,16,19H2,1-6H3/t27-/m0/s1. The summed E-state index contributed by atoms with van der Waals surface area (Å²) in [6, 6.07) is 16.1. The molecule has 0 fully saturated rings. The molecule has 8 nitrogen and oxygen atoms in total. The van der Waals surface area contributed by atoms with Gasteiger partial charge in [-0.3, -0.25) is 9.88 Å². The fourth-order valence-electron chi connectivity index (χ4n) is 4.61. The van der Waals surface area contributed by atoms with Crippen LogP contribution in [0.1, 0.15) is 53.9 Å². The first kappa shape index (κ1) is 27.0. The van der Waals surface area contributed by atoms with Crippen molar-refractivity contribution in [3.05, 3.63) is 83.2 Å². The number of rotatable bonds is 6. The zero-order chi connectivity index (χ0) is 27.4. The number of ether oxygens (including phenoxy) is 2. The number of nitrogens with one attached hydrogen (secondary N) is 1. The number of methoxy groups -OCH3 is 1. The second kappa shape index (κ2) is 11.1. The maximum atomic E-state index is 13.2. The second-order valence-electron chi connectivity index (χ2n) is 10.5. The number of hydrogen-bond donors (Lipinski definition) is 1. The number of carbonyl (C=O) groups excluding carboxylic acids is 2. The molecule has 1 aromatic heterocycles. The Morgan fingerprint density at radius 1 is 1.11 bits per heavy atom. The molecule has 2 aromatic carbocycles. The minimum atomic E-state index is -0.614. The third-order valence-electron chi connectivity index (χ3n) is 6.63. The number of aromatic nitrogens is 1. The summed E-state index contributed by atoms with van der Waals surface area (Å²) in [6.45, 7) is 8.55. The molecule has 0 saturated carbocycles. The van der Waals surface area contributed by atoms with Crippen molar-refractivity contribution in [1.29, 1.82) is 0 Å². The van der Waals surface area contributed by atoms with Crippen LogP contribution in [0.3, 0.4) is 0 Å². The maximum absolute atomic E-state index is 13.2. The highest BCUT2D eigenvalue weighted by molar-refractivity contribution is 5.95. The normalized spacial score (nSPS) is 14.9. The lowest BCUT2D eigenvalue weighted by Crippen LogP contribution is -2.45. The lowest BCUT2D eigenvalue weighted by Gasteiger charge is -2.39. The number of anilines is 3. The van der Waals surface area contributed by atoms with Crippen LogP contribution in [-0.4, -0.2) is 54.8 Å². The van der Waals surface area contributed by atoms with E-state index in [4.69, 9.17) is 9.47 Å². The number of hydrogen-bond acceptors (Lipinski definition) is 7. The van der Waals surface area contributed by atoms with Gasteiger partial charge >= 0.3 is 12.1 Å². The summed E-state index contributed by atoms with van der Waals surface area (Å²) in [6.07, 6.45) is 3.48. The van der Waals surface area contributed by atoms with Crippen molar-refractivity contribution in [3.63, 3.8) is 0 Å². The van der Waals surface area contributed by atoms with E-state index in [1.54, 1.807) is 23.4 Å².